The van der Waals surface area contributed by atoms with Crippen LogP contribution in [0.3, 0.4) is 0 Å². The quantitative estimate of drug-likeness (QED) is 0.313. The van der Waals surface area contributed by atoms with Gasteiger partial charge in [0.2, 0.25) is 10.0 Å². The third-order valence-electron chi connectivity index (χ3n) is 4.13. The fraction of sp³-hybridized carbons (Fsp3) is 0.650. The van der Waals surface area contributed by atoms with Crippen molar-refractivity contribution in [2.45, 2.75) is 47.1 Å². The molecule has 2 N–H and O–H groups in total. The Hall–Kier alpha value is -1.80. The molecule has 28 heavy (non-hydrogen) atoms. The maximum atomic E-state index is 11.6. The van der Waals surface area contributed by atoms with Gasteiger partial charge in [-0.3, -0.25) is 0 Å². The van der Waals surface area contributed by atoms with Crippen LogP contribution in [0.2, 0.25) is 0 Å². The molecule has 1 aromatic carbocycles. The molecule has 0 aliphatic rings. The average molecular weight is 413 g/mol. The Balaban J connectivity index is 2.67. The third-order valence-corrected chi connectivity index (χ3v) is 5.51. The second-order valence-electron chi connectivity index (χ2n) is 6.69. The van der Waals surface area contributed by atoms with Crippen molar-refractivity contribution in [3.63, 3.8) is 0 Å². The number of ether oxygens (including phenoxy) is 1. The van der Waals surface area contributed by atoms with E-state index < -0.39 is 10.0 Å². The summed E-state index contributed by atoms with van der Waals surface area (Å²) in [6, 6.07) is 6.17. The summed E-state index contributed by atoms with van der Waals surface area (Å²) in [5.41, 5.74) is 2.21. The zero-order valence-electron chi connectivity index (χ0n) is 17.9. The largest absolute Gasteiger partial charge is 0.493 e. The highest BCUT2D eigenvalue weighted by atomic mass is 32.2. The molecule has 1 rings (SSSR count). The van der Waals surface area contributed by atoms with Gasteiger partial charge >= 0.3 is 0 Å². The molecule has 0 aliphatic carbocycles. The highest BCUT2D eigenvalue weighted by Gasteiger charge is 2.13. The Morgan fingerprint density at radius 2 is 1.96 bits per heavy atom. The summed E-state index contributed by atoms with van der Waals surface area (Å²) in [4.78, 5) is 4.65. The first-order chi connectivity index (χ1) is 13.3. The predicted molar refractivity (Wildman–Crippen MR) is 116 cm³/mol. The molecule has 1 aromatic rings. The van der Waals surface area contributed by atoms with Crippen molar-refractivity contribution in [1.82, 2.24) is 14.9 Å². The second-order valence-corrected chi connectivity index (χ2v) is 8.67. The lowest BCUT2D eigenvalue weighted by Gasteiger charge is -2.18. The van der Waals surface area contributed by atoms with Crippen LogP contribution in [0.4, 0.5) is 0 Å². The molecule has 0 heterocycles. The fourth-order valence-corrected chi connectivity index (χ4v) is 3.60. The third kappa shape index (κ3) is 8.93. The zero-order valence-corrected chi connectivity index (χ0v) is 18.7. The molecule has 0 unspecified atom stereocenters. The van der Waals surface area contributed by atoms with Crippen LogP contribution in [0.1, 0.15) is 44.7 Å². The van der Waals surface area contributed by atoms with Crippen LogP contribution in [0, 0.1) is 6.92 Å². The van der Waals surface area contributed by atoms with E-state index in [1.165, 1.54) is 10.6 Å². The van der Waals surface area contributed by atoms with Gasteiger partial charge in [0.05, 0.1) is 19.4 Å². The number of aliphatic imine (C=N–C) groups is 1. The molecular weight excluding hydrogens is 376 g/mol. The SMILES string of the molecule is CCCOc1cc(C)ccc1CN=C(NCC)NCCCN(CC)S(C)(=O)=O. The smallest absolute Gasteiger partial charge is 0.211 e. The lowest BCUT2D eigenvalue weighted by molar-refractivity contribution is 0.314. The van der Waals surface area contributed by atoms with Crippen molar-refractivity contribution in [2.24, 2.45) is 4.99 Å². The van der Waals surface area contributed by atoms with E-state index in [4.69, 9.17) is 4.74 Å². The van der Waals surface area contributed by atoms with Crippen molar-refractivity contribution in [1.29, 1.82) is 0 Å². The van der Waals surface area contributed by atoms with Crippen LogP contribution in [-0.2, 0) is 16.6 Å². The van der Waals surface area contributed by atoms with E-state index >= 15 is 0 Å². The Labute approximate surface area is 170 Å². The van der Waals surface area contributed by atoms with Crippen LogP contribution in [0.5, 0.6) is 5.75 Å². The van der Waals surface area contributed by atoms with Gasteiger partial charge < -0.3 is 15.4 Å². The van der Waals surface area contributed by atoms with Gasteiger partial charge in [0, 0.05) is 31.7 Å². The Morgan fingerprint density at radius 1 is 1.21 bits per heavy atom. The number of nitrogens with one attached hydrogen (secondary N) is 2. The van der Waals surface area contributed by atoms with Crippen LogP contribution >= 0.6 is 0 Å². The summed E-state index contributed by atoms with van der Waals surface area (Å²) < 4.78 is 30.6. The van der Waals surface area contributed by atoms with Crippen molar-refractivity contribution in [3.05, 3.63) is 29.3 Å². The van der Waals surface area contributed by atoms with E-state index in [0.29, 0.717) is 45.2 Å². The molecular formula is C20H36N4O3S. The topological polar surface area (TPSA) is 83.0 Å². The Kier molecular flexibility index (Phi) is 10.9. The van der Waals surface area contributed by atoms with E-state index in [0.717, 1.165) is 29.8 Å². The summed E-state index contributed by atoms with van der Waals surface area (Å²) in [7, 11) is -3.14. The lowest BCUT2D eigenvalue weighted by Crippen LogP contribution is -2.39. The second kappa shape index (κ2) is 12.6. The van der Waals surface area contributed by atoms with Crippen molar-refractivity contribution in [2.75, 3.05) is 39.0 Å². The molecule has 8 heteroatoms. The Bertz CT molecular complexity index is 720. The maximum absolute atomic E-state index is 11.6. The number of nitrogens with zero attached hydrogens (tertiary/aromatic N) is 2. The van der Waals surface area contributed by atoms with E-state index in [-0.39, 0.29) is 0 Å². The first-order valence-electron chi connectivity index (χ1n) is 10.0. The monoisotopic (exact) mass is 412 g/mol. The van der Waals surface area contributed by atoms with Crippen LogP contribution in [0.25, 0.3) is 0 Å². The van der Waals surface area contributed by atoms with Gasteiger partial charge in [-0.15, -0.1) is 0 Å². The van der Waals surface area contributed by atoms with Crippen LogP contribution in [-0.4, -0.2) is 57.7 Å². The molecule has 7 nitrogen and oxygen atoms in total. The Morgan fingerprint density at radius 3 is 2.57 bits per heavy atom. The number of hydrogen-bond donors (Lipinski definition) is 2. The number of hydrogen-bond acceptors (Lipinski definition) is 4. The molecule has 160 valence electrons. The van der Waals surface area contributed by atoms with Gasteiger partial charge in [0.1, 0.15) is 5.75 Å². The minimum Gasteiger partial charge on any atom is -0.493 e. The van der Waals surface area contributed by atoms with E-state index in [2.05, 4.69) is 34.7 Å². The first kappa shape index (κ1) is 24.2. The number of guanidine groups is 1. The van der Waals surface area contributed by atoms with Crippen LogP contribution in [0.15, 0.2) is 23.2 Å². The number of aryl methyl sites for hydroxylation is 1. The molecule has 0 aromatic heterocycles. The van der Waals surface area contributed by atoms with Gasteiger partial charge in [-0.1, -0.05) is 26.0 Å². The molecule has 0 aliphatic heterocycles. The van der Waals surface area contributed by atoms with Crippen molar-refractivity contribution in [3.8, 4) is 5.75 Å². The summed E-state index contributed by atoms with van der Waals surface area (Å²) in [5.74, 6) is 1.60. The summed E-state index contributed by atoms with van der Waals surface area (Å²) in [6.07, 6.45) is 2.92. The van der Waals surface area contributed by atoms with Gasteiger partial charge in [0.15, 0.2) is 5.96 Å². The molecule has 0 atom stereocenters. The molecule has 0 spiro atoms. The number of benzene rings is 1. The van der Waals surface area contributed by atoms with Crippen LogP contribution < -0.4 is 15.4 Å². The summed E-state index contributed by atoms with van der Waals surface area (Å²) in [6.45, 7) is 11.6. The van der Waals surface area contributed by atoms with E-state index in [9.17, 15) is 8.42 Å². The summed E-state index contributed by atoms with van der Waals surface area (Å²) >= 11 is 0. The highest BCUT2D eigenvalue weighted by molar-refractivity contribution is 7.88. The van der Waals surface area contributed by atoms with Gasteiger partial charge in [-0.05, 0) is 38.3 Å². The fourth-order valence-electron chi connectivity index (χ4n) is 2.67. The van der Waals surface area contributed by atoms with E-state index in [1.54, 1.807) is 0 Å². The zero-order chi connectivity index (χ0) is 21.0. The van der Waals surface area contributed by atoms with E-state index in [1.807, 2.05) is 26.8 Å². The molecule has 0 bridgehead atoms. The van der Waals surface area contributed by atoms with Gasteiger partial charge in [0.25, 0.3) is 0 Å². The molecule has 0 saturated carbocycles. The highest BCUT2D eigenvalue weighted by Crippen LogP contribution is 2.21. The van der Waals surface area contributed by atoms with Crippen molar-refractivity contribution >= 4 is 16.0 Å². The minimum atomic E-state index is -3.14. The molecule has 0 radical (unpaired) electrons. The van der Waals surface area contributed by atoms with Gasteiger partial charge in [-0.2, -0.15) is 0 Å². The maximum Gasteiger partial charge on any atom is 0.211 e. The summed E-state index contributed by atoms with van der Waals surface area (Å²) in [5, 5.41) is 6.50. The van der Waals surface area contributed by atoms with Crippen molar-refractivity contribution < 1.29 is 13.2 Å². The minimum absolute atomic E-state index is 0.487. The molecule has 0 saturated heterocycles. The lowest BCUT2D eigenvalue weighted by atomic mass is 10.1. The number of sulfonamides is 1. The standard InChI is InChI=1S/C20H36N4O3S/c1-6-14-27-19-15-17(4)10-11-18(19)16-23-20(21-7-2)22-12-9-13-24(8-3)28(5,25)26/h10-11,15H,6-9,12-14,16H2,1-5H3,(H2,21,22,23). The first-order valence-corrected chi connectivity index (χ1v) is 11.9. The van der Waals surface area contributed by atoms with Gasteiger partial charge in [-0.25, -0.2) is 17.7 Å². The predicted octanol–water partition coefficient (Wildman–Crippen LogP) is 2.51. The molecule has 0 fully saturated rings. The molecule has 0 amide bonds. The average Bonchev–Trinajstić information content (AvgIpc) is 2.64. The normalized spacial score (nSPS) is 12.3. The number of rotatable bonds is 12.